The van der Waals surface area contributed by atoms with Gasteiger partial charge in [0, 0.05) is 12.8 Å². The Hall–Kier alpha value is -0.890. The average molecular weight is 149 g/mol. The molecule has 11 heavy (non-hydrogen) atoms. The molecule has 2 heteroatoms. The maximum Gasteiger partial charge on any atom is 0.0887 e. The Morgan fingerprint density at radius 1 is 1.45 bits per heavy atom. The van der Waals surface area contributed by atoms with Crippen molar-refractivity contribution in [1.29, 1.82) is 0 Å². The van der Waals surface area contributed by atoms with Crippen molar-refractivity contribution in [2.45, 2.75) is 13.0 Å². The van der Waals surface area contributed by atoms with Gasteiger partial charge in [0.2, 0.25) is 0 Å². The highest BCUT2D eigenvalue weighted by atomic mass is 16.5. The van der Waals surface area contributed by atoms with Gasteiger partial charge in [-0.3, -0.25) is 4.98 Å². The zero-order chi connectivity index (χ0) is 7.94. The van der Waals surface area contributed by atoms with E-state index in [9.17, 15) is 0 Å². The molecule has 0 amide bonds. The Bertz CT molecular complexity index is 186. The molecule has 0 aliphatic rings. The third-order valence-corrected chi connectivity index (χ3v) is 1.24. The van der Waals surface area contributed by atoms with Gasteiger partial charge in [-0.05, 0) is 25.5 Å². The van der Waals surface area contributed by atoms with Crippen LogP contribution in [0.2, 0.25) is 0 Å². The van der Waals surface area contributed by atoms with Crippen molar-refractivity contribution in [2.75, 3.05) is 6.61 Å². The molecular weight excluding hydrogens is 138 g/mol. The predicted molar refractivity (Wildman–Crippen MR) is 42.8 cm³/mol. The molecule has 0 fully saturated rings. The maximum absolute atomic E-state index is 5.25. The molecule has 0 aliphatic heterocycles. The van der Waals surface area contributed by atoms with E-state index in [1.165, 1.54) is 0 Å². The summed E-state index contributed by atoms with van der Waals surface area (Å²) in [6.45, 7) is 6.39. The molecule has 0 unspecified atom stereocenters. The SMILES string of the molecule is [CH]CCOCc1ccccn1. The van der Waals surface area contributed by atoms with Gasteiger partial charge in [-0.2, -0.15) is 0 Å². The second kappa shape index (κ2) is 4.85. The molecule has 0 aliphatic carbocycles. The van der Waals surface area contributed by atoms with E-state index in [4.69, 9.17) is 11.7 Å². The smallest absolute Gasteiger partial charge is 0.0887 e. The van der Waals surface area contributed by atoms with Crippen LogP contribution in [0.5, 0.6) is 0 Å². The van der Waals surface area contributed by atoms with Gasteiger partial charge >= 0.3 is 0 Å². The largest absolute Gasteiger partial charge is 0.375 e. The zero-order valence-corrected chi connectivity index (χ0v) is 6.36. The molecule has 2 nitrogen and oxygen atoms in total. The number of hydrogen-bond donors (Lipinski definition) is 0. The summed E-state index contributed by atoms with van der Waals surface area (Å²) in [7, 11) is 0. The summed E-state index contributed by atoms with van der Waals surface area (Å²) < 4.78 is 5.18. The van der Waals surface area contributed by atoms with E-state index in [2.05, 4.69) is 4.98 Å². The van der Waals surface area contributed by atoms with Crippen molar-refractivity contribution < 1.29 is 4.74 Å². The lowest BCUT2D eigenvalue weighted by molar-refractivity contribution is 0.122. The van der Waals surface area contributed by atoms with E-state index in [1.807, 2.05) is 18.2 Å². The second-order valence-corrected chi connectivity index (χ2v) is 2.16. The Morgan fingerprint density at radius 3 is 3.00 bits per heavy atom. The molecule has 0 saturated carbocycles. The third-order valence-electron chi connectivity index (χ3n) is 1.24. The number of pyridine rings is 1. The molecule has 58 valence electrons. The topological polar surface area (TPSA) is 22.1 Å². The van der Waals surface area contributed by atoms with Crippen molar-refractivity contribution in [2.24, 2.45) is 0 Å². The van der Waals surface area contributed by atoms with Crippen molar-refractivity contribution in [3.63, 3.8) is 0 Å². The number of nitrogens with zero attached hydrogens (tertiary/aromatic N) is 1. The summed E-state index contributed by atoms with van der Waals surface area (Å²) in [4.78, 5) is 4.08. The molecule has 1 rings (SSSR count). The van der Waals surface area contributed by atoms with Crippen LogP contribution in [0.15, 0.2) is 24.4 Å². The van der Waals surface area contributed by atoms with Crippen LogP contribution in [0.3, 0.4) is 0 Å². The van der Waals surface area contributed by atoms with E-state index >= 15 is 0 Å². The van der Waals surface area contributed by atoms with Gasteiger partial charge in [-0.1, -0.05) is 6.07 Å². The lowest BCUT2D eigenvalue weighted by atomic mass is 10.4. The van der Waals surface area contributed by atoms with Gasteiger partial charge in [-0.25, -0.2) is 0 Å². The zero-order valence-electron chi connectivity index (χ0n) is 6.36. The Kier molecular flexibility index (Phi) is 3.62. The van der Waals surface area contributed by atoms with Gasteiger partial charge in [0.05, 0.1) is 12.3 Å². The molecule has 1 aromatic heterocycles. The van der Waals surface area contributed by atoms with Crippen molar-refractivity contribution in [1.82, 2.24) is 4.98 Å². The molecule has 0 bridgehead atoms. The Morgan fingerprint density at radius 2 is 2.36 bits per heavy atom. The highest BCUT2D eigenvalue weighted by Crippen LogP contribution is 1.95. The van der Waals surface area contributed by atoms with Gasteiger partial charge in [0.1, 0.15) is 0 Å². The summed E-state index contributed by atoms with van der Waals surface area (Å²) in [5.74, 6) is 0. The van der Waals surface area contributed by atoms with Crippen molar-refractivity contribution in [3.8, 4) is 0 Å². The van der Waals surface area contributed by atoms with Gasteiger partial charge in [-0.15, -0.1) is 0 Å². The monoisotopic (exact) mass is 149 g/mol. The fourth-order valence-electron chi connectivity index (χ4n) is 0.744. The van der Waals surface area contributed by atoms with Crippen LogP contribution in [0.25, 0.3) is 0 Å². The lowest BCUT2D eigenvalue weighted by Gasteiger charge is -1.99. The molecule has 2 radical (unpaired) electrons. The van der Waals surface area contributed by atoms with Crippen LogP contribution < -0.4 is 0 Å². The van der Waals surface area contributed by atoms with Crippen LogP contribution in [-0.4, -0.2) is 11.6 Å². The van der Waals surface area contributed by atoms with E-state index in [0.717, 1.165) is 5.69 Å². The van der Waals surface area contributed by atoms with Gasteiger partial charge < -0.3 is 4.74 Å². The number of rotatable bonds is 4. The van der Waals surface area contributed by atoms with Crippen LogP contribution in [0.4, 0.5) is 0 Å². The third kappa shape index (κ3) is 3.14. The lowest BCUT2D eigenvalue weighted by Crippen LogP contribution is -1.95. The Labute approximate surface area is 67.2 Å². The molecule has 1 aromatic rings. The van der Waals surface area contributed by atoms with E-state index in [-0.39, 0.29) is 0 Å². The van der Waals surface area contributed by atoms with Crippen LogP contribution in [0, 0.1) is 6.92 Å². The molecule has 0 aromatic carbocycles. The molecule has 0 atom stereocenters. The molecule has 1 heterocycles. The highest BCUT2D eigenvalue weighted by Gasteiger charge is 1.90. The molecule has 0 saturated heterocycles. The predicted octanol–water partition coefficient (Wildman–Crippen LogP) is 1.70. The van der Waals surface area contributed by atoms with Crippen molar-refractivity contribution >= 4 is 0 Å². The van der Waals surface area contributed by atoms with E-state index in [0.29, 0.717) is 19.6 Å². The first-order valence-electron chi connectivity index (χ1n) is 3.61. The summed E-state index contributed by atoms with van der Waals surface area (Å²) >= 11 is 0. The van der Waals surface area contributed by atoms with Gasteiger partial charge in [0.25, 0.3) is 0 Å². The summed E-state index contributed by atoms with van der Waals surface area (Å²) in [5.41, 5.74) is 0.945. The van der Waals surface area contributed by atoms with E-state index < -0.39 is 0 Å². The quantitative estimate of drug-likeness (QED) is 0.608. The Balaban J connectivity index is 2.28. The van der Waals surface area contributed by atoms with Gasteiger partial charge in [0.15, 0.2) is 0 Å². The number of aromatic nitrogens is 1. The minimum absolute atomic E-state index is 0.554. The first-order chi connectivity index (χ1) is 5.43. The van der Waals surface area contributed by atoms with Crippen LogP contribution >= 0.6 is 0 Å². The van der Waals surface area contributed by atoms with Crippen LogP contribution in [0.1, 0.15) is 12.1 Å². The number of hydrogen-bond acceptors (Lipinski definition) is 2. The summed E-state index contributed by atoms with van der Waals surface area (Å²) in [6, 6.07) is 5.75. The summed E-state index contributed by atoms with van der Waals surface area (Å²) in [6.07, 6.45) is 2.31. The van der Waals surface area contributed by atoms with Crippen molar-refractivity contribution in [3.05, 3.63) is 37.0 Å². The standard InChI is InChI=1S/C9H11NO/c1-2-7-11-8-9-5-3-4-6-10-9/h1,3-6H,2,7-8H2. The first kappa shape index (κ1) is 8.21. The second-order valence-electron chi connectivity index (χ2n) is 2.16. The van der Waals surface area contributed by atoms with Crippen LogP contribution in [-0.2, 0) is 11.3 Å². The maximum atomic E-state index is 5.25. The highest BCUT2D eigenvalue weighted by molar-refractivity contribution is 5.01. The first-order valence-corrected chi connectivity index (χ1v) is 3.61. The summed E-state index contributed by atoms with van der Waals surface area (Å²) in [5, 5.41) is 0. The fourth-order valence-corrected chi connectivity index (χ4v) is 0.744. The average Bonchev–Trinajstić information content (AvgIpc) is 2.07. The molecule has 0 spiro atoms. The molecular formula is C9H11NO. The minimum Gasteiger partial charge on any atom is -0.375 e. The minimum atomic E-state index is 0.554. The normalized spacial score (nSPS) is 9.91. The van der Waals surface area contributed by atoms with E-state index in [1.54, 1.807) is 6.20 Å². The molecule has 0 N–H and O–H groups in total. The number of ether oxygens (including phenoxy) is 1. The fraction of sp³-hybridized carbons (Fsp3) is 0.333.